The Morgan fingerprint density at radius 2 is 2.32 bits per heavy atom. The summed E-state index contributed by atoms with van der Waals surface area (Å²) in [6.45, 7) is -0.0971. The number of allylic oxidation sites excluding steroid dienone is 1. The molecule has 0 unspecified atom stereocenters. The minimum atomic E-state index is -0.0971. The first-order valence-corrected chi connectivity index (χ1v) is 6.03. The van der Waals surface area contributed by atoms with Crippen molar-refractivity contribution in [1.82, 2.24) is 19.5 Å². The fourth-order valence-electron chi connectivity index (χ4n) is 2.37. The Morgan fingerprint density at radius 3 is 3.00 bits per heavy atom. The van der Waals surface area contributed by atoms with Gasteiger partial charge in [0.15, 0.2) is 11.2 Å². The topological polar surface area (TPSA) is 98.8 Å². The van der Waals surface area contributed by atoms with Crippen molar-refractivity contribution < 1.29 is 9.84 Å². The van der Waals surface area contributed by atoms with E-state index >= 15 is 0 Å². The van der Waals surface area contributed by atoms with Crippen LogP contribution in [0.1, 0.15) is 12.5 Å². The Labute approximate surface area is 109 Å². The first-order valence-electron chi connectivity index (χ1n) is 6.03. The first-order chi connectivity index (χ1) is 9.22. The number of rotatable bonds is 3. The second kappa shape index (κ2) is 4.51. The van der Waals surface area contributed by atoms with Crippen molar-refractivity contribution in [3.63, 3.8) is 0 Å². The van der Waals surface area contributed by atoms with Gasteiger partial charge in [0.05, 0.1) is 26.1 Å². The van der Waals surface area contributed by atoms with E-state index in [-0.39, 0.29) is 24.5 Å². The number of nitrogen functional groups attached to an aromatic ring is 1. The molecule has 1 radical (unpaired) electrons. The number of ether oxygens (including phenoxy) is 1. The molecule has 0 saturated heterocycles. The van der Waals surface area contributed by atoms with E-state index < -0.39 is 0 Å². The highest BCUT2D eigenvalue weighted by molar-refractivity contribution is 5.77. The highest BCUT2D eigenvalue weighted by atomic mass is 16.5. The smallest absolute Gasteiger partial charge is 0.246 e. The van der Waals surface area contributed by atoms with E-state index in [1.165, 1.54) is 7.11 Å². The Balaban J connectivity index is 2.06. The monoisotopic (exact) mass is 260 g/mol. The standard InChI is InChI=1S/C12H14N5O2/c1-19-11-9-10(15-12(13)16-11)17(6-14-9)8-3-2-7(4-8)5-18/h2-3,6-8H,4-5H2,1H3,(H2,13,15,16)/t7-,8+/m1/s1. The molecule has 3 rings (SSSR count). The fourth-order valence-corrected chi connectivity index (χ4v) is 2.37. The molecular formula is C12H14N5O2. The predicted octanol–water partition coefficient (Wildman–Crippen LogP) is 0.965. The van der Waals surface area contributed by atoms with Crippen LogP contribution < -0.4 is 10.5 Å². The number of aromatic nitrogens is 4. The minimum Gasteiger partial charge on any atom is -0.479 e. The van der Waals surface area contributed by atoms with Crippen LogP contribution >= 0.6 is 0 Å². The van der Waals surface area contributed by atoms with Crippen LogP contribution in [0.25, 0.3) is 11.2 Å². The lowest BCUT2D eigenvalue weighted by Gasteiger charge is -2.12. The van der Waals surface area contributed by atoms with Gasteiger partial charge in [0.25, 0.3) is 0 Å². The largest absolute Gasteiger partial charge is 0.479 e. The second-order valence-corrected chi connectivity index (χ2v) is 4.53. The molecule has 19 heavy (non-hydrogen) atoms. The van der Waals surface area contributed by atoms with E-state index in [0.717, 1.165) is 6.42 Å². The van der Waals surface area contributed by atoms with Crippen molar-refractivity contribution in [2.24, 2.45) is 5.92 Å². The van der Waals surface area contributed by atoms with Crippen LogP contribution in [0.5, 0.6) is 5.88 Å². The maximum atomic E-state index is 10.9. The van der Waals surface area contributed by atoms with Gasteiger partial charge in [0.1, 0.15) is 0 Å². The van der Waals surface area contributed by atoms with Crippen molar-refractivity contribution in [3.05, 3.63) is 18.5 Å². The zero-order valence-electron chi connectivity index (χ0n) is 10.5. The Bertz CT molecular complexity index is 636. The van der Waals surface area contributed by atoms with Crippen molar-refractivity contribution in [3.8, 4) is 5.88 Å². The third kappa shape index (κ3) is 1.91. The highest BCUT2D eigenvalue weighted by Crippen LogP contribution is 2.31. The maximum Gasteiger partial charge on any atom is 0.246 e. The molecule has 0 amide bonds. The van der Waals surface area contributed by atoms with Gasteiger partial charge < -0.3 is 15.0 Å². The van der Waals surface area contributed by atoms with Crippen molar-refractivity contribution in [2.45, 2.75) is 12.5 Å². The molecule has 2 aromatic heterocycles. The summed E-state index contributed by atoms with van der Waals surface area (Å²) < 4.78 is 7.06. The Hall–Kier alpha value is -2.15. The van der Waals surface area contributed by atoms with Gasteiger partial charge in [-0.15, -0.1) is 0 Å². The lowest BCUT2D eigenvalue weighted by molar-refractivity contribution is 0.158. The SMILES string of the molecule is COc1nc(N)nc2c1ncn2[C@H]1C=C[C@@H](C[O])C1. The van der Waals surface area contributed by atoms with Crippen LogP contribution in [0.3, 0.4) is 0 Å². The summed E-state index contributed by atoms with van der Waals surface area (Å²) in [6, 6.07) is 0.0861. The van der Waals surface area contributed by atoms with Gasteiger partial charge in [-0.05, 0) is 6.42 Å². The zero-order chi connectivity index (χ0) is 13.4. The molecule has 0 aliphatic heterocycles. The predicted molar refractivity (Wildman–Crippen MR) is 68.1 cm³/mol. The van der Waals surface area contributed by atoms with Crippen molar-refractivity contribution in [2.75, 3.05) is 19.5 Å². The van der Waals surface area contributed by atoms with Gasteiger partial charge in [-0.2, -0.15) is 9.97 Å². The molecule has 2 N–H and O–H groups in total. The number of hydrogen-bond acceptors (Lipinski definition) is 5. The number of nitrogens with zero attached hydrogens (tertiary/aromatic N) is 4. The van der Waals surface area contributed by atoms with Gasteiger partial charge in [-0.3, -0.25) is 0 Å². The molecule has 7 nitrogen and oxygen atoms in total. The molecule has 0 fully saturated rings. The van der Waals surface area contributed by atoms with E-state index in [9.17, 15) is 5.11 Å². The van der Waals surface area contributed by atoms with Gasteiger partial charge >= 0.3 is 0 Å². The number of fused-ring (bicyclic) bond motifs is 1. The maximum absolute atomic E-state index is 10.9. The van der Waals surface area contributed by atoms with Crippen molar-refractivity contribution >= 4 is 17.1 Å². The molecule has 1 aliphatic carbocycles. The van der Waals surface area contributed by atoms with Gasteiger partial charge in [0, 0.05) is 5.92 Å². The summed E-state index contributed by atoms with van der Waals surface area (Å²) in [7, 11) is 1.52. The van der Waals surface area contributed by atoms with Gasteiger partial charge in [-0.25, -0.2) is 10.1 Å². The van der Waals surface area contributed by atoms with Gasteiger partial charge in [-0.1, -0.05) is 12.2 Å². The number of imidazole rings is 1. The first kappa shape index (κ1) is 11.9. The van der Waals surface area contributed by atoms with E-state index in [0.29, 0.717) is 17.0 Å². The molecule has 2 atom stereocenters. The number of hydrogen-bond donors (Lipinski definition) is 1. The van der Waals surface area contributed by atoms with Crippen molar-refractivity contribution in [1.29, 1.82) is 0 Å². The van der Waals surface area contributed by atoms with E-state index in [1.54, 1.807) is 6.33 Å². The van der Waals surface area contributed by atoms with Crippen LogP contribution in [0, 0.1) is 5.92 Å². The van der Waals surface area contributed by atoms with Gasteiger partial charge in [0.2, 0.25) is 11.8 Å². The van der Waals surface area contributed by atoms with Crippen LogP contribution in [0.4, 0.5) is 5.95 Å². The van der Waals surface area contributed by atoms with E-state index in [1.807, 2.05) is 16.7 Å². The van der Waals surface area contributed by atoms with E-state index in [4.69, 9.17) is 10.5 Å². The minimum absolute atomic E-state index is 0.0727. The summed E-state index contributed by atoms with van der Waals surface area (Å²) in [5.41, 5.74) is 6.88. The highest BCUT2D eigenvalue weighted by Gasteiger charge is 2.23. The molecule has 2 aromatic rings. The summed E-state index contributed by atoms with van der Waals surface area (Å²) >= 11 is 0. The summed E-state index contributed by atoms with van der Waals surface area (Å²) in [5, 5.41) is 10.9. The molecule has 2 heterocycles. The fraction of sp³-hybridized carbons (Fsp3) is 0.417. The summed E-state index contributed by atoms with van der Waals surface area (Å²) in [4.78, 5) is 12.5. The molecule has 1 aliphatic rings. The molecule has 0 saturated carbocycles. The summed E-state index contributed by atoms with van der Waals surface area (Å²) in [6.07, 6.45) is 6.41. The molecule has 0 bridgehead atoms. The van der Waals surface area contributed by atoms with E-state index in [2.05, 4.69) is 15.0 Å². The molecule has 7 heteroatoms. The molecule has 99 valence electrons. The van der Waals surface area contributed by atoms with Crippen LogP contribution in [-0.2, 0) is 5.11 Å². The quantitative estimate of drug-likeness (QED) is 0.829. The normalized spacial score (nSPS) is 22.2. The molecular weight excluding hydrogens is 246 g/mol. The average molecular weight is 260 g/mol. The third-order valence-corrected chi connectivity index (χ3v) is 3.32. The average Bonchev–Trinajstić information content (AvgIpc) is 3.03. The third-order valence-electron chi connectivity index (χ3n) is 3.32. The Morgan fingerprint density at radius 1 is 1.47 bits per heavy atom. The number of anilines is 1. The summed E-state index contributed by atoms with van der Waals surface area (Å²) in [5.74, 6) is 0.584. The zero-order valence-corrected chi connectivity index (χ0v) is 10.5. The van der Waals surface area contributed by atoms with Crippen LogP contribution in [0.15, 0.2) is 18.5 Å². The van der Waals surface area contributed by atoms with Crippen LogP contribution in [0.2, 0.25) is 0 Å². The lowest BCUT2D eigenvalue weighted by Crippen LogP contribution is -2.08. The second-order valence-electron chi connectivity index (χ2n) is 4.53. The lowest BCUT2D eigenvalue weighted by atomic mass is 10.1. The number of nitrogens with two attached hydrogens (primary N) is 1. The number of methoxy groups -OCH3 is 1. The molecule has 0 spiro atoms. The Kier molecular flexibility index (Phi) is 2.83. The van der Waals surface area contributed by atoms with Crippen LogP contribution in [-0.4, -0.2) is 33.2 Å². The molecule has 0 aromatic carbocycles.